The average Bonchev–Trinajstić information content (AvgIpc) is 3.54. The number of fused-ring (bicyclic) bond motifs is 7. The number of amides is 3. The fraction of sp³-hybridized carbons (Fsp3) is 0.533. The Bertz CT molecular complexity index is 2210. The number of methoxy groups -OCH3 is 1. The summed E-state index contributed by atoms with van der Waals surface area (Å²) < 4.78 is 11.6. The third-order valence-corrected chi connectivity index (χ3v) is 13.0. The molecule has 4 N–H and O–H groups in total. The summed E-state index contributed by atoms with van der Waals surface area (Å²) in [5.74, 6) is 4.04. The van der Waals surface area contributed by atoms with Gasteiger partial charge in [0.2, 0.25) is 11.8 Å². The molecule has 1 aliphatic carbocycles. The van der Waals surface area contributed by atoms with Crippen LogP contribution in [0.5, 0.6) is 11.5 Å². The van der Waals surface area contributed by atoms with Gasteiger partial charge in [0, 0.05) is 47.9 Å². The van der Waals surface area contributed by atoms with E-state index >= 15 is 0 Å². The summed E-state index contributed by atoms with van der Waals surface area (Å²) in [4.78, 5) is 53.6. The molecule has 1 unspecified atom stereocenters. The molecule has 1 aromatic heterocycles. The molecule has 2 fully saturated rings. The van der Waals surface area contributed by atoms with Crippen molar-refractivity contribution in [2.24, 2.45) is 16.8 Å². The van der Waals surface area contributed by atoms with Gasteiger partial charge in [0.05, 0.1) is 42.6 Å². The van der Waals surface area contributed by atoms with Crippen LogP contribution >= 0.6 is 0 Å². The first-order chi connectivity index (χ1) is 27.6. The maximum absolute atomic E-state index is 13.9. The number of likely N-dealkylation sites (tertiary alicyclic amines) is 1. The number of nitrogens with one attached hydrogen (secondary N) is 4. The van der Waals surface area contributed by atoms with Crippen molar-refractivity contribution in [2.45, 2.75) is 115 Å². The number of benzene rings is 3. The zero-order valence-corrected chi connectivity index (χ0v) is 34.0. The van der Waals surface area contributed by atoms with Gasteiger partial charge in [0.15, 0.2) is 0 Å². The molecule has 0 bridgehead atoms. The minimum Gasteiger partial charge on any atom is -0.457 e. The number of rotatable bonds is 14. The molecule has 3 aliphatic heterocycles. The average molecular weight is 776 g/mol. The normalized spacial score (nSPS) is 20.6. The second-order valence-electron chi connectivity index (χ2n) is 16.8. The van der Waals surface area contributed by atoms with Crippen molar-refractivity contribution in [3.05, 3.63) is 65.0 Å². The molecule has 8 rings (SSSR count). The number of hydrogen-bond donors (Lipinski definition) is 4. The first-order valence-electron chi connectivity index (χ1n) is 21.1. The lowest BCUT2D eigenvalue weighted by atomic mass is 9.83. The first-order valence-corrected chi connectivity index (χ1v) is 21.1. The van der Waals surface area contributed by atoms with Gasteiger partial charge in [-0.2, -0.15) is 0 Å². The number of hydrogen-bond acceptors (Lipinski definition) is 8. The van der Waals surface area contributed by atoms with Crippen LogP contribution in [0.3, 0.4) is 0 Å². The summed E-state index contributed by atoms with van der Waals surface area (Å²) in [5, 5.41) is 11.7. The second-order valence-corrected chi connectivity index (χ2v) is 16.8. The van der Waals surface area contributed by atoms with Crippen LogP contribution in [0.2, 0.25) is 0 Å². The van der Waals surface area contributed by atoms with E-state index in [9.17, 15) is 14.4 Å². The number of carbonyl (C=O) groups is 3. The van der Waals surface area contributed by atoms with Gasteiger partial charge in [0.1, 0.15) is 23.4 Å². The Hall–Kier alpha value is -5.13. The maximum Gasteiger partial charge on any atom is 0.407 e. The van der Waals surface area contributed by atoms with Gasteiger partial charge in [-0.05, 0) is 85.6 Å². The lowest BCUT2D eigenvalue weighted by Crippen LogP contribution is -2.51. The molecule has 1 saturated heterocycles. The molecule has 4 aliphatic rings. The maximum atomic E-state index is 13.9. The van der Waals surface area contributed by atoms with Crippen molar-refractivity contribution in [1.29, 1.82) is 0 Å². The molecule has 1 saturated carbocycles. The summed E-state index contributed by atoms with van der Waals surface area (Å²) >= 11 is 0. The standard InChI is InChI=1S/C45H57N7O5/c1-6-26(3)21-39(53)46-19-9-8-12-38-47-25-34(48-38)29-13-15-31-36(23-29)57-37-22-28-14-16-33-41(30(28)24-32(37)45(31)17-18-45)50-42(49-33)35-11-10-20-52(35)43(54)40(27(4)7-2)51-44(55)56-5/h13-16,22-24,26-27,34-35,40H,6-12,17-21,25H2,1-5H3,(H,46,53)(H,47,48)(H,49,50)(H,51,55)/t26-,27-,34?,35-,40-/m0/s1. The third kappa shape index (κ3) is 7.55. The number of aromatic amines is 1. The van der Waals surface area contributed by atoms with Crippen molar-refractivity contribution < 1.29 is 23.9 Å². The van der Waals surface area contributed by atoms with Crippen LogP contribution in [0.1, 0.15) is 127 Å². The fourth-order valence-corrected chi connectivity index (χ4v) is 9.00. The molecular formula is C45H57N7O5. The highest BCUT2D eigenvalue weighted by molar-refractivity contribution is 6.05. The van der Waals surface area contributed by atoms with Crippen molar-refractivity contribution in [3.8, 4) is 11.5 Å². The van der Waals surface area contributed by atoms with Crippen LogP contribution in [0.25, 0.3) is 21.8 Å². The molecule has 12 heteroatoms. The number of aliphatic imine (C=N–C) groups is 1. The number of imidazole rings is 1. The van der Waals surface area contributed by atoms with Crippen molar-refractivity contribution in [1.82, 2.24) is 30.8 Å². The summed E-state index contributed by atoms with van der Waals surface area (Å²) in [5.41, 5.74) is 5.37. The Morgan fingerprint density at radius 1 is 1.04 bits per heavy atom. The van der Waals surface area contributed by atoms with E-state index in [1.54, 1.807) is 0 Å². The molecule has 4 heterocycles. The monoisotopic (exact) mass is 775 g/mol. The quantitative estimate of drug-likeness (QED) is 0.0946. The van der Waals surface area contributed by atoms with Gasteiger partial charge in [-0.3, -0.25) is 14.6 Å². The predicted molar refractivity (Wildman–Crippen MR) is 222 cm³/mol. The van der Waals surface area contributed by atoms with Crippen molar-refractivity contribution in [2.75, 3.05) is 26.7 Å². The topological polar surface area (TPSA) is 150 Å². The molecule has 3 aromatic carbocycles. The Morgan fingerprint density at radius 3 is 2.63 bits per heavy atom. The molecule has 3 amide bonds. The number of H-pyrrole nitrogens is 1. The van der Waals surface area contributed by atoms with Gasteiger partial charge >= 0.3 is 6.09 Å². The number of unbranched alkanes of at least 4 members (excludes halogenated alkanes) is 1. The highest BCUT2D eigenvalue weighted by atomic mass is 16.5. The second kappa shape index (κ2) is 16.0. The molecular weight excluding hydrogens is 719 g/mol. The van der Waals surface area contributed by atoms with Crippen molar-refractivity contribution >= 4 is 45.5 Å². The number of aromatic nitrogens is 2. The van der Waals surface area contributed by atoms with Crippen LogP contribution in [0, 0.1) is 11.8 Å². The van der Waals surface area contributed by atoms with E-state index in [4.69, 9.17) is 19.5 Å². The van der Waals surface area contributed by atoms with Crippen LogP contribution in [0.4, 0.5) is 4.79 Å². The van der Waals surface area contributed by atoms with E-state index in [-0.39, 0.29) is 35.2 Å². The van der Waals surface area contributed by atoms with E-state index < -0.39 is 12.1 Å². The summed E-state index contributed by atoms with van der Waals surface area (Å²) in [6, 6.07) is 14.5. The number of nitrogens with zero attached hydrogens (tertiary/aromatic N) is 3. The first kappa shape index (κ1) is 38.7. The zero-order valence-electron chi connectivity index (χ0n) is 34.0. The number of carbonyl (C=O) groups excluding carboxylic acids is 3. The largest absolute Gasteiger partial charge is 0.457 e. The van der Waals surface area contributed by atoms with Gasteiger partial charge < -0.3 is 35.3 Å². The lowest BCUT2D eigenvalue weighted by molar-refractivity contribution is -0.135. The van der Waals surface area contributed by atoms with Crippen LogP contribution < -0.4 is 20.7 Å². The van der Waals surface area contributed by atoms with Crippen LogP contribution in [0.15, 0.2) is 47.5 Å². The summed E-state index contributed by atoms with van der Waals surface area (Å²) in [6.45, 7) is 10.2. The number of alkyl carbamates (subject to hydrolysis) is 1. The molecule has 12 nitrogen and oxygen atoms in total. The Kier molecular flexibility index (Phi) is 10.9. The van der Waals surface area contributed by atoms with Gasteiger partial charge in [-0.25, -0.2) is 9.78 Å². The molecule has 1 spiro atoms. The van der Waals surface area contributed by atoms with E-state index in [0.29, 0.717) is 32.0 Å². The lowest BCUT2D eigenvalue weighted by Gasteiger charge is -2.30. The molecule has 302 valence electrons. The summed E-state index contributed by atoms with van der Waals surface area (Å²) in [7, 11) is 1.32. The van der Waals surface area contributed by atoms with Crippen LogP contribution in [-0.2, 0) is 19.7 Å². The molecule has 5 atom stereocenters. The van der Waals surface area contributed by atoms with E-state index in [2.05, 4.69) is 71.2 Å². The molecule has 57 heavy (non-hydrogen) atoms. The number of ether oxygens (including phenoxy) is 2. The minimum atomic E-state index is -0.671. The zero-order chi connectivity index (χ0) is 39.8. The fourth-order valence-electron chi connectivity index (χ4n) is 9.00. The third-order valence-electron chi connectivity index (χ3n) is 13.0. The minimum absolute atomic E-state index is 0.0499. The SMILES string of the molecule is CC[C@H](C)CC(=O)NCCCCC1=NCC(c2ccc3c(c2)Oc2cc4ccc5nc([C@@H]6CCCN6C(=O)[C@@H](NC(=O)OC)[C@@H](C)CC)[nH]c5c4cc2C32CC2)N1. The highest BCUT2D eigenvalue weighted by Crippen LogP contribution is 2.62. The van der Waals surface area contributed by atoms with Crippen LogP contribution in [-0.4, -0.2) is 71.4 Å². The Morgan fingerprint density at radius 2 is 1.86 bits per heavy atom. The van der Waals surface area contributed by atoms with Gasteiger partial charge in [-0.1, -0.05) is 58.7 Å². The van der Waals surface area contributed by atoms with E-state index in [0.717, 1.165) is 103 Å². The van der Waals surface area contributed by atoms with E-state index in [1.807, 2.05) is 24.8 Å². The number of amidine groups is 1. The smallest absolute Gasteiger partial charge is 0.407 e. The van der Waals surface area contributed by atoms with Gasteiger partial charge in [0.25, 0.3) is 0 Å². The molecule has 0 radical (unpaired) electrons. The Balaban J connectivity index is 0.967. The molecule has 4 aromatic rings. The summed E-state index contributed by atoms with van der Waals surface area (Å²) in [6.07, 6.45) is 8.33. The van der Waals surface area contributed by atoms with Gasteiger partial charge in [-0.15, -0.1) is 0 Å². The highest BCUT2D eigenvalue weighted by Gasteiger charge is 2.52. The van der Waals surface area contributed by atoms with Crippen molar-refractivity contribution in [3.63, 3.8) is 0 Å². The van der Waals surface area contributed by atoms with E-state index in [1.165, 1.54) is 23.8 Å². The Labute approximate surface area is 334 Å². The predicted octanol–water partition coefficient (Wildman–Crippen LogP) is 8.10.